The average Bonchev–Trinajstić information content (AvgIpc) is 2.45. The fourth-order valence-electron chi connectivity index (χ4n) is 1.68. The quantitative estimate of drug-likeness (QED) is 0.567. The van der Waals surface area contributed by atoms with Crippen LogP contribution in [0.5, 0.6) is 0 Å². The fourth-order valence-corrected chi connectivity index (χ4v) is 1.68. The molecular formula is C13H12CrO4. The summed E-state index contributed by atoms with van der Waals surface area (Å²) in [4.78, 5) is 0. The van der Waals surface area contributed by atoms with Crippen molar-refractivity contribution in [3.8, 4) is 0 Å². The number of aliphatic hydroxyl groups excluding tert-OH is 1. The van der Waals surface area contributed by atoms with Crippen molar-refractivity contribution in [2.75, 3.05) is 0 Å². The topological polar surface area (TPSA) is 79.9 Å². The Labute approximate surface area is 117 Å². The Hall–Kier alpha value is -1.07. The van der Waals surface area contributed by atoms with Gasteiger partial charge in [-0.3, -0.25) is 0 Å². The molecule has 0 saturated heterocycles. The summed E-state index contributed by atoms with van der Waals surface area (Å²) in [5.41, 5.74) is 2.74. The van der Waals surface area contributed by atoms with Crippen molar-refractivity contribution in [2.45, 2.75) is 25.4 Å². The maximum atomic E-state index is 9.36. The second-order valence-corrected chi connectivity index (χ2v) is 3.17. The number of aliphatic hydroxyl groups is 1. The zero-order valence-electron chi connectivity index (χ0n) is 9.59. The minimum Gasteiger partial charge on any atom is 0 e. The van der Waals surface area contributed by atoms with Crippen LogP contribution in [-0.2, 0) is 44.2 Å². The van der Waals surface area contributed by atoms with Crippen LogP contribution in [0.1, 0.15) is 17.5 Å². The van der Waals surface area contributed by atoms with Gasteiger partial charge in [0.05, 0.1) is 6.10 Å². The van der Waals surface area contributed by atoms with Gasteiger partial charge in [-0.15, -0.1) is 0 Å². The molecule has 18 heavy (non-hydrogen) atoms. The van der Waals surface area contributed by atoms with Gasteiger partial charge in [0, 0.05) is 17.4 Å². The second kappa shape index (κ2) is 15.9. The zero-order chi connectivity index (χ0) is 13.7. The third-order valence-corrected chi connectivity index (χ3v) is 2.32. The van der Waals surface area contributed by atoms with Crippen molar-refractivity contribution in [1.29, 1.82) is 0 Å². The van der Waals surface area contributed by atoms with E-state index in [2.05, 4.69) is 38.2 Å². The minimum atomic E-state index is -0.107. The number of rotatable bonds is 0. The van der Waals surface area contributed by atoms with Gasteiger partial charge in [0.1, 0.15) is 0 Å². The van der Waals surface area contributed by atoms with Crippen LogP contribution in [0.15, 0.2) is 24.3 Å². The summed E-state index contributed by atoms with van der Waals surface area (Å²) in [6.45, 7) is 13.5. The molecule has 4 nitrogen and oxygen atoms in total. The number of benzene rings is 1. The van der Waals surface area contributed by atoms with Crippen LogP contribution in [0.25, 0.3) is 0 Å². The first-order chi connectivity index (χ1) is 8.36. The van der Waals surface area contributed by atoms with Crippen molar-refractivity contribution in [2.24, 2.45) is 0 Å². The molecule has 5 heteroatoms. The van der Waals surface area contributed by atoms with E-state index in [0.717, 1.165) is 19.3 Å². The van der Waals surface area contributed by atoms with Gasteiger partial charge < -0.3 is 5.11 Å². The molecule has 0 fully saturated rings. The monoisotopic (exact) mass is 284 g/mol. The Morgan fingerprint density at radius 1 is 0.944 bits per heavy atom. The molecule has 0 unspecified atom stereocenters. The molecule has 0 aliphatic heterocycles. The van der Waals surface area contributed by atoms with Gasteiger partial charge in [0.25, 0.3) is 0 Å². The largest absolute Gasteiger partial charge is 0 e. The van der Waals surface area contributed by atoms with E-state index >= 15 is 0 Å². The molecule has 0 amide bonds. The van der Waals surface area contributed by atoms with E-state index in [4.69, 9.17) is 14.0 Å². The predicted molar refractivity (Wildman–Crippen MR) is 56.3 cm³/mol. The molecule has 1 aromatic rings. The van der Waals surface area contributed by atoms with Gasteiger partial charge in [-0.2, -0.15) is 0 Å². The van der Waals surface area contributed by atoms with E-state index in [1.165, 1.54) is 11.1 Å². The Balaban J connectivity index is -0.000000285. The van der Waals surface area contributed by atoms with Crippen LogP contribution in [0.4, 0.5) is 0 Å². The first-order valence-corrected chi connectivity index (χ1v) is 4.72. The Morgan fingerprint density at radius 3 is 1.89 bits per heavy atom. The number of fused-ring (bicyclic) bond motifs is 1. The Morgan fingerprint density at radius 2 is 1.39 bits per heavy atom. The van der Waals surface area contributed by atoms with Crippen molar-refractivity contribution >= 4 is 0 Å². The molecule has 1 aliphatic rings. The molecule has 1 aromatic carbocycles. The van der Waals surface area contributed by atoms with Gasteiger partial charge >= 0.3 is 33.9 Å². The molecular weight excluding hydrogens is 272 g/mol. The van der Waals surface area contributed by atoms with Crippen LogP contribution in [0, 0.1) is 20.0 Å². The summed E-state index contributed by atoms with van der Waals surface area (Å²) in [6.07, 6.45) is 2.70. The van der Waals surface area contributed by atoms with Crippen LogP contribution in [0.2, 0.25) is 0 Å². The van der Waals surface area contributed by atoms with E-state index in [9.17, 15) is 5.11 Å². The van der Waals surface area contributed by atoms with Crippen molar-refractivity contribution in [1.82, 2.24) is 0 Å². The van der Waals surface area contributed by atoms with Crippen LogP contribution < -0.4 is 0 Å². The van der Waals surface area contributed by atoms with Crippen molar-refractivity contribution < 1.29 is 36.4 Å². The van der Waals surface area contributed by atoms with Crippen LogP contribution in [-0.4, -0.2) is 11.2 Å². The van der Waals surface area contributed by atoms with E-state index < -0.39 is 0 Å². The molecule has 0 radical (unpaired) electrons. The summed E-state index contributed by atoms with van der Waals surface area (Å²) in [7, 11) is 0. The number of hydrogen-bond donors (Lipinski definition) is 1. The van der Waals surface area contributed by atoms with Crippen LogP contribution in [0.3, 0.4) is 0 Å². The van der Waals surface area contributed by atoms with E-state index in [0.29, 0.717) is 0 Å². The van der Waals surface area contributed by atoms with E-state index in [1.54, 1.807) is 0 Å². The van der Waals surface area contributed by atoms with Gasteiger partial charge in [-0.1, -0.05) is 24.3 Å². The summed E-state index contributed by atoms with van der Waals surface area (Å²) < 4.78 is 22.5. The first kappa shape index (κ1) is 22.1. The SMILES string of the molecule is O[C@@H]1CCc2ccccc2C1.[C-]#[O+].[C-]#[O+].[C-]#[O+].[Cr]. The van der Waals surface area contributed by atoms with E-state index in [1.807, 2.05) is 6.07 Å². The van der Waals surface area contributed by atoms with Crippen molar-refractivity contribution in [3.63, 3.8) is 0 Å². The number of hydrogen-bond acceptors (Lipinski definition) is 1. The molecule has 1 aliphatic carbocycles. The third kappa shape index (κ3) is 8.09. The maximum Gasteiger partial charge on any atom is 0 e. The molecule has 0 heterocycles. The minimum absolute atomic E-state index is 0. The summed E-state index contributed by atoms with van der Waals surface area (Å²) >= 11 is 0. The fraction of sp³-hybridized carbons (Fsp3) is 0.308. The summed E-state index contributed by atoms with van der Waals surface area (Å²) in [6, 6.07) is 8.37. The summed E-state index contributed by atoms with van der Waals surface area (Å²) in [5.74, 6) is 0. The van der Waals surface area contributed by atoms with Gasteiger partial charge in [-0.25, -0.2) is 0 Å². The van der Waals surface area contributed by atoms with Gasteiger partial charge in [-0.05, 0) is 30.4 Å². The Kier molecular flexibility index (Phi) is 19.6. The van der Waals surface area contributed by atoms with Crippen LogP contribution >= 0.6 is 0 Å². The molecule has 1 atom stereocenters. The summed E-state index contributed by atoms with van der Waals surface area (Å²) in [5, 5.41) is 9.36. The first-order valence-electron chi connectivity index (χ1n) is 4.72. The normalized spacial score (nSPS) is 14.3. The second-order valence-electron chi connectivity index (χ2n) is 3.17. The molecule has 1 N–H and O–H groups in total. The smallest absolute Gasteiger partial charge is 0 e. The maximum absolute atomic E-state index is 9.36. The zero-order valence-corrected chi connectivity index (χ0v) is 10.9. The average molecular weight is 284 g/mol. The molecule has 0 bridgehead atoms. The number of aryl methyl sites for hydroxylation is 1. The molecule has 0 aromatic heterocycles. The van der Waals surface area contributed by atoms with Gasteiger partial charge in [0.2, 0.25) is 0 Å². The predicted octanol–water partition coefficient (Wildman–Crippen LogP) is 1.42. The van der Waals surface area contributed by atoms with Gasteiger partial charge in [0.15, 0.2) is 0 Å². The standard InChI is InChI=1S/C10H12O.3CO.Cr/c11-10-6-5-8-3-1-2-4-9(8)7-10;3*1-2;/h1-4,10-11H,5-7H2;;;;/t10-;;;;/m1..../s1. The molecule has 0 saturated carbocycles. The van der Waals surface area contributed by atoms with E-state index in [-0.39, 0.29) is 23.5 Å². The Bertz CT molecular complexity index is 356. The van der Waals surface area contributed by atoms with Crippen molar-refractivity contribution in [3.05, 3.63) is 55.3 Å². The molecule has 2 rings (SSSR count). The molecule has 0 spiro atoms. The third-order valence-electron chi connectivity index (χ3n) is 2.32. The molecule has 94 valence electrons.